The average molecular weight is 228 g/mol. The van der Waals surface area contributed by atoms with Crippen molar-refractivity contribution in [2.45, 2.75) is 64.9 Å². The second-order valence-corrected chi connectivity index (χ2v) is 5.21. The lowest BCUT2D eigenvalue weighted by Gasteiger charge is -2.31. The van der Waals surface area contributed by atoms with Gasteiger partial charge in [-0.3, -0.25) is 0 Å². The van der Waals surface area contributed by atoms with E-state index >= 15 is 0 Å². The van der Waals surface area contributed by atoms with Gasteiger partial charge in [0.2, 0.25) is 0 Å². The van der Waals surface area contributed by atoms with Gasteiger partial charge in [0.05, 0.1) is 12.7 Å². The number of aliphatic hydroxyl groups is 1. The van der Waals surface area contributed by atoms with Crippen LogP contribution in [0.3, 0.4) is 0 Å². The Labute approximate surface area is 100 Å². The molecule has 0 saturated heterocycles. The van der Waals surface area contributed by atoms with Gasteiger partial charge in [0, 0.05) is 6.61 Å². The van der Waals surface area contributed by atoms with Crippen LogP contribution in [-0.2, 0) is 4.74 Å². The Balaban J connectivity index is 2.14. The third kappa shape index (κ3) is 4.84. The number of hydrogen-bond acceptors (Lipinski definition) is 2. The Morgan fingerprint density at radius 2 is 1.81 bits per heavy atom. The lowest BCUT2D eigenvalue weighted by Crippen LogP contribution is -2.29. The van der Waals surface area contributed by atoms with Gasteiger partial charge < -0.3 is 9.84 Å². The third-order valence-electron chi connectivity index (χ3n) is 3.77. The number of aliphatic hydroxyl groups excluding tert-OH is 1. The summed E-state index contributed by atoms with van der Waals surface area (Å²) in [6.45, 7) is 5.68. The van der Waals surface area contributed by atoms with Crippen molar-refractivity contribution in [3.8, 4) is 0 Å². The van der Waals surface area contributed by atoms with Crippen LogP contribution in [0.2, 0.25) is 0 Å². The van der Waals surface area contributed by atoms with Gasteiger partial charge >= 0.3 is 0 Å². The molecule has 0 aromatic rings. The van der Waals surface area contributed by atoms with Crippen LogP contribution in [0, 0.1) is 11.8 Å². The maximum absolute atomic E-state index is 9.99. The summed E-state index contributed by atoms with van der Waals surface area (Å²) in [6.07, 6.45) is 8.49. The zero-order valence-corrected chi connectivity index (χ0v) is 11.0. The van der Waals surface area contributed by atoms with Crippen LogP contribution in [0.1, 0.15) is 58.8 Å². The molecule has 2 heteroatoms. The van der Waals surface area contributed by atoms with Gasteiger partial charge in [-0.15, -0.1) is 0 Å². The molecule has 0 radical (unpaired) electrons. The first kappa shape index (κ1) is 14.0. The van der Waals surface area contributed by atoms with Crippen LogP contribution in [0.25, 0.3) is 0 Å². The van der Waals surface area contributed by atoms with Crippen molar-refractivity contribution >= 4 is 0 Å². The van der Waals surface area contributed by atoms with E-state index in [-0.39, 0.29) is 6.10 Å². The Morgan fingerprint density at radius 3 is 2.38 bits per heavy atom. The fourth-order valence-electron chi connectivity index (χ4n) is 2.75. The minimum Gasteiger partial charge on any atom is -0.390 e. The van der Waals surface area contributed by atoms with E-state index in [2.05, 4.69) is 13.8 Å². The summed E-state index contributed by atoms with van der Waals surface area (Å²) in [6, 6.07) is 0. The second kappa shape index (κ2) is 8.08. The van der Waals surface area contributed by atoms with Gasteiger partial charge in [-0.05, 0) is 31.1 Å². The molecule has 0 bridgehead atoms. The van der Waals surface area contributed by atoms with Gasteiger partial charge in [-0.1, -0.05) is 39.5 Å². The minimum atomic E-state index is -0.228. The third-order valence-corrected chi connectivity index (χ3v) is 3.77. The molecule has 1 fully saturated rings. The van der Waals surface area contributed by atoms with Crippen molar-refractivity contribution in [3.05, 3.63) is 0 Å². The molecule has 1 atom stereocenters. The SMILES string of the molecule is CCCOCC(O)C1CCC(CCC)CC1. The summed E-state index contributed by atoms with van der Waals surface area (Å²) in [5.74, 6) is 1.41. The molecular formula is C14H28O2. The molecule has 2 nitrogen and oxygen atoms in total. The molecule has 1 aliphatic rings. The van der Waals surface area contributed by atoms with Crippen molar-refractivity contribution in [1.82, 2.24) is 0 Å². The highest BCUT2D eigenvalue weighted by Gasteiger charge is 2.25. The standard InChI is InChI=1S/C14H28O2/c1-3-5-12-6-8-13(9-7-12)14(15)11-16-10-4-2/h12-15H,3-11H2,1-2H3. The first-order valence-electron chi connectivity index (χ1n) is 7.03. The molecular weight excluding hydrogens is 200 g/mol. The van der Waals surface area contributed by atoms with Crippen molar-refractivity contribution in [2.24, 2.45) is 11.8 Å². The number of hydrogen-bond donors (Lipinski definition) is 1. The molecule has 1 aliphatic carbocycles. The van der Waals surface area contributed by atoms with E-state index in [1.54, 1.807) is 0 Å². The molecule has 1 unspecified atom stereocenters. The average Bonchev–Trinajstić information content (AvgIpc) is 2.30. The summed E-state index contributed by atoms with van der Waals surface area (Å²) in [7, 11) is 0. The Hall–Kier alpha value is -0.0800. The smallest absolute Gasteiger partial charge is 0.0801 e. The van der Waals surface area contributed by atoms with E-state index in [1.165, 1.54) is 38.5 Å². The van der Waals surface area contributed by atoms with Crippen molar-refractivity contribution in [3.63, 3.8) is 0 Å². The maximum atomic E-state index is 9.99. The number of rotatable bonds is 7. The van der Waals surface area contributed by atoms with Gasteiger partial charge in [0.25, 0.3) is 0 Å². The lowest BCUT2D eigenvalue weighted by atomic mass is 9.78. The molecule has 1 rings (SSSR count). The van der Waals surface area contributed by atoms with E-state index in [0.717, 1.165) is 18.9 Å². The topological polar surface area (TPSA) is 29.5 Å². The van der Waals surface area contributed by atoms with Crippen molar-refractivity contribution in [1.29, 1.82) is 0 Å². The van der Waals surface area contributed by atoms with Gasteiger partial charge in [-0.25, -0.2) is 0 Å². The first-order valence-corrected chi connectivity index (χ1v) is 7.03. The quantitative estimate of drug-likeness (QED) is 0.677. The Bertz CT molecular complexity index is 162. The van der Waals surface area contributed by atoms with Crippen LogP contribution in [0.4, 0.5) is 0 Å². The largest absolute Gasteiger partial charge is 0.390 e. The highest BCUT2D eigenvalue weighted by molar-refractivity contribution is 4.77. The zero-order chi connectivity index (χ0) is 11.8. The molecule has 0 aromatic carbocycles. The predicted molar refractivity (Wildman–Crippen MR) is 67.5 cm³/mol. The summed E-state index contributed by atoms with van der Waals surface area (Å²) < 4.78 is 5.42. The van der Waals surface area contributed by atoms with Crippen LogP contribution in [-0.4, -0.2) is 24.4 Å². The monoisotopic (exact) mass is 228 g/mol. The van der Waals surface area contributed by atoms with E-state index in [1.807, 2.05) is 0 Å². The fourth-order valence-corrected chi connectivity index (χ4v) is 2.75. The van der Waals surface area contributed by atoms with Gasteiger partial charge in [0.1, 0.15) is 0 Å². The highest BCUT2D eigenvalue weighted by atomic mass is 16.5. The van der Waals surface area contributed by atoms with E-state index in [0.29, 0.717) is 12.5 Å². The summed E-state index contributed by atoms with van der Waals surface area (Å²) >= 11 is 0. The molecule has 0 heterocycles. The van der Waals surface area contributed by atoms with Crippen LogP contribution < -0.4 is 0 Å². The summed E-state index contributed by atoms with van der Waals surface area (Å²) in [5.41, 5.74) is 0. The van der Waals surface area contributed by atoms with Crippen molar-refractivity contribution in [2.75, 3.05) is 13.2 Å². The molecule has 1 N–H and O–H groups in total. The fraction of sp³-hybridized carbons (Fsp3) is 1.00. The van der Waals surface area contributed by atoms with Crippen LogP contribution in [0.5, 0.6) is 0 Å². The molecule has 0 aliphatic heterocycles. The lowest BCUT2D eigenvalue weighted by molar-refractivity contribution is -0.00899. The number of ether oxygens (including phenoxy) is 1. The van der Waals surface area contributed by atoms with Gasteiger partial charge in [0.15, 0.2) is 0 Å². The molecule has 0 spiro atoms. The Morgan fingerprint density at radius 1 is 1.12 bits per heavy atom. The second-order valence-electron chi connectivity index (χ2n) is 5.21. The van der Waals surface area contributed by atoms with Crippen molar-refractivity contribution < 1.29 is 9.84 Å². The molecule has 0 amide bonds. The normalized spacial score (nSPS) is 27.9. The molecule has 96 valence electrons. The summed E-state index contributed by atoms with van der Waals surface area (Å²) in [5, 5.41) is 9.99. The highest BCUT2D eigenvalue weighted by Crippen LogP contribution is 2.33. The van der Waals surface area contributed by atoms with E-state index in [4.69, 9.17) is 4.74 Å². The predicted octanol–water partition coefficient (Wildman–Crippen LogP) is 3.38. The van der Waals surface area contributed by atoms with Crippen LogP contribution >= 0.6 is 0 Å². The van der Waals surface area contributed by atoms with E-state index in [9.17, 15) is 5.11 Å². The van der Waals surface area contributed by atoms with E-state index < -0.39 is 0 Å². The van der Waals surface area contributed by atoms with Crippen LogP contribution in [0.15, 0.2) is 0 Å². The molecule has 0 aromatic heterocycles. The molecule has 16 heavy (non-hydrogen) atoms. The molecule has 1 saturated carbocycles. The zero-order valence-electron chi connectivity index (χ0n) is 11.0. The Kier molecular flexibility index (Phi) is 7.06. The minimum absolute atomic E-state index is 0.228. The van der Waals surface area contributed by atoms with Gasteiger partial charge in [-0.2, -0.15) is 0 Å². The maximum Gasteiger partial charge on any atom is 0.0801 e. The first-order chi connectivity index (χ1) is 7.77. The summed E-state index contributed by atoms with van der Waals surface area (Å²) in [4.78, 5) is 0.